The molecule has 4 nitrogen and oxygen atoms in total. The molecular weight excluding hydrogens is 158 g/mol. The second kappa shape index (κ2) is 3.13. The van der Waals surface area contributed by atoms with Gasteiger partial charge in [-0.2, -0.15) is 0 Å². The van der Waals surface area contributed by atoms with Crippen LogP contribution in [0.5, 0.6) is 0 Å². The molecule has 0 atom stereocenters. The number of carbonyl (C=O) groups is 3. The van der Waals surface area contributed by atoms with Crippen molar-refractivity contribution in [3.63, 3.8) is 0 Å². The lowest BCUT2D eigenvalue weighted by atomic mass is 10.4. The Kier molecular flexibility index (Phi) is 2.19. The van der Waals surface area contributed by atoms with Crippen LogP contribution < -0.4 is 0 Å². The van der Waals surface area contributed by atoms with Crippen LogP contribution in [0.15, 0.2) is 24.3 Å². The van der Waals surface area contributed by atoms with E-state index in [9.17, 15) is 14.4 Å². The fraction of sp³-hybridized carbons (Fsp3) is 0.125. The minimum Gasteiger partial charge on any atom is -0.269 e. The molecule has 0 unspecified atom stereocenters. The van der Waals surface area contributed by atoms with Crippen LogP contribution in [0.1, 0.15) is 6.92 Å². The molecule has 1 aliphatic heterocycles. The minimum absolute atomic E-state index is 0.580. The Hall–Kier alpha value is -1.71. The number of hydrogen-bond donors (Lipinski definition) is 0. The summed E-state index contributed by atoms with van der Waals surface area (Å²) in [6.07, 6.45) is 4.79. The zero-order valence-corrected chi connectivity index (χ0v) is 6.48. The highest BCUT2D eigenvalue weighted by molar-refractivity contribution is 6.24. The summed E-state index contributed by atoms with van der Waals surface area (Å²) in [7, 11) is 0. The third-order valence-corrected chi connectivity index (χ3v) is 1.34. The summed E-state index contributed by atoms with van der Waals surface area (Å²) in [4.78, 5) is 33.3. The molecule has 0 saturated heterocycles. The monoisotopic (exact) mass is 165 g/mol. The van der Waals surface area contributed by atoms with Crippen LogP contribution in [0.4, 0.5) is 0 Å². The van der Waals surface area contributed by atoms with E-state index in [0.29, 0.717) is 4.90 Å². The first-order chi connectivity index (χ1) is 5.66. The van der Waals surface area contributed by atoms with Crippen LogP contribution in [-0.4, -0.2) is 22.6 Å². The molecule has 1 rings (SSSR count). The first kappa shape index (κ1) is 8.39. The molecule has 1 heterocycles. The first-order valence-electron chi connectivity index (χ1n) is 3.39. The zero-order chi connectivity index (χ0) is 9.14. The molecule has 0 fully saturated rings. The number of allylic oxidation sites excluding steroid dienone is 1. The maximum atomic E-state index is 11.0. The van der Waals surface area contributed by atoms with Crippen molar-refractivity contribution in [1.29, 1.82) is 0 Å². The number of imide groups is 3. The molecule has 1 aliphatic rings. The van der Waals surface area contributed by atoms with Crippen molar-refractivity contribution in [2.75, 3.05) is 0 Å². The van der Waals surface area contributed by atoms with E-state index >= 15 is 0 Å². The lowest BCUT2D eigenvalue weighted by Crippen LogP contribution is -2.34. The molecule has 12 heavy (non-hydrogen) atoms. The molecule has 0 aliphatic carbocycles. The fourth-order valence-electron chi connectivity index (χ4n) is 0.835. The van der Waals surface area contributed by atoms with E-state index in [1.807, 2.05) is 0 Å². The quantitative estimate of drug-likeness (QED) is 0.406. The third kappa shape index (κ3) is 1.32. The Bertz CT molecular complexity index is 283. The molecule has 0 aromatic rings. The van der Waals surface area contributed by atoms with E-state index in [4.69, 9.17) is 0 Å². The number of hydrogen-bond acceptors (Lipinski definition) is 3. The van der Waals surface area contributed by atoms with Gasteiger partial charge in [-0.1, -0.05) is 6.08 Å². The Labute approximate surface area is 69.2 Å². The van der Waals surface area contributed by atoms with Gasteiger partial charge in [0.15, 0.2) is 0 Å². The van der Waals surface area contributed by atoms with Gasteiger partial charge in [0.25, 0.3) is 17.7 Å². The first-order valence-corrected chi connectivity index (χ1v) is 3.39. The molecule has 62 valence electrons. The maximum Gasteiger partial charge on any atom is 0.260 e. The van der Waals surface area contributed by atoms with Gasteiger partial charge < -0.3 is 0 Å². The normalized spacial score (nSPS) is 16.6. The van der Waals surface area contributed by atoms with E-state index in [1.165, 1.54) is 12.2 Å². The highest BCUT2D eigenvalue weighted by atomic mass is 16.2. The summed E-state index contributed by atoms with van der Waals surface area (Å²) in [6, 6.07) is 0. The van der Waals surface area contributed by atoms with Gasteiger partial charge in [0, 0.05) is 12.2 Å². The lowest BCUT2D eigenvalue weighted by molar-refractivity contribution is -0.145. The van der Waals surface area contributed by atoms with Crippen molar-refractivity contribution in [3.8, 4) is 0 Å². The van der Waals surface area contributed by atoms with Crippen LogP contribution in [0.3, 0.4) is 0 Å². The predicted octanol–water partition coefficient (Wildman–Crippen LogP) is 0.0141. The summed E-state index contributed by atoms with van der Waals surface area (Å²) < 4.78 is 0. The zero-order valence-electron chi connectivity index (χ0n) is 6.48. The highest BCUT2D eigenvalue weighted by Crippen LogP contribution is 2.03. The van der Waals surface area contributed by atoms with E-state index in [-0.39, 0.29) is 0 Å². The molecule has 0 spiro atoms. The summed E-state index contributed by atoms with van der Waals surface area (Å²) in [5.74, 6) is -1.76. The number of nitrogens with zero attached hydrogens (tertiary/aromatic N) is 1. The molecule has 0 N–H and O–H groups in total. The molecule has 0 bridgehead atoms. The summed E-state index contributed by atoms with van der Waals surface area (Å²) in [5, 5.41) is 0. The van der Waals surface area contributed by atoms with Crippen LogP contribution in [0.25, 0.3) is 0 Å². The lowest BCUT2D eigenvalue weighted by Gasteiger charge is -2.07. The summed E-state index contributed by atoms with van der Waals surface area (Å²) in [6.45, 7) is 1.64. The van der Waals surface area contributed by atoms with Crippen molar-refractivity contribution in [1.82, 2.24) is 4.90 Å². The van der Waals surface area contributed by atoms with Crippen LogP contribution >= 0.6 is 0 Å². The summed E-state index contributed by atoms with van der Waals surface area (Å²) >= 11 is 0. The van der Waals surface area contributed by atoms with Gasteiger partial charge in [-0.05, 0) is 13.0 Å². The smallest absolute Gasteiger partial charge is 0.260 e. The summed E-state index contributed by atoms with van der Waals surface area (Å²) in [5.41, 5.74) is 0. The topological polar surface area (TPSA) is 54.5 Å². The highest BCUT2D eigenvalue weighted by Gasteiger charge is 2.27. The third-order valence-electron chi connectivity index (χ3n) is 1.34. The van der Waals surface area contributed by atoms with Crippen molar-refractivity contribution in [2.45, 2.75) is 6.92 Å². The maximum absolute atomic E-state index is 11.0. The van der Waals surface area contributed by atoms with Gasteiger partial charge in [0.1, 0.15) is 0 Å². The van der Waals surface area contributed by atoms with Crippen molar-refractivity contribution in [2.24, 2.45) is 0 Å². The van der Waals surface area contributed by atoms with Crippen LogP contribution in [-0.2, 0) is 14.4 Å². The molecule has 3 amide bonds. The molecule has 0 aromatic carbocycles. The van der Waals surface area contributed by atoms with Gasteiger partial charge in [-0.3, -0.25) is 14.4 Å². The largest absolute Gasteiger partial charge is 0.269 e. The fourth-order valence-corrected chi connectivity index (χ4v) is 0.835. The minimum atomic E-state index is -0.600. The standard InChI is InChI=1S/C8H7NO3/c1-2-3-6(10)9-7(11)4-5-8(9)12/h2-5H,1H3/b3-2+. The van der Waals surface area contributed by atoms with E-state index in [0.717, 1.165) is 12.2 Å². The Morgan fingerprint density at radius 2 is 1.83 bits per heavy atom. The van der Waals surface area contributed by atoms with Gasteiger partial charge in [-0.15, -0.1) is 0 Å². The molecule has 0 aromatic heterocycles. The SMILES string of the molecule is C/C=C/C(=O)N1C(=O)C=CC1=O. The average Bonchev–Trinajstić information content (AvgIpc) is 2.32. The molecule has 0 saturated carbocycles. The second-order valence-electron chi connectivity index (χ2n) is 2.18. The Morgan fingerprint density at radius 3 is 2.25 bits per heavy atom. The Morgan fingerprint density at radius 1 is 1.33 bits per heavy atom. The predicted molar refractivity (Wildman–Crippen MR) is 40.8 cm³/mol. The molecule has 0 radical (unpaired) electrons. The van der Waals surface area contributed by atoms with Crippen molar-refractivity contribution >= 4 is 17.7 Å². The van der Waals surface area contributed by atoms with Gasteiger partial charge >= 0.3 is 0 Å². The van der Waals surface area contributed by atoms with E-state index < -0.39 is 17.7 Å². The second-order valence-corrected chi connectivity index (χ2v) is 2.18. The van der Waals surface area contributed by atoms with Crippen molar-refractivity contribution < 1.29 is 14.4 Å². The van der Waals surface area contributed by atoms with E-state index in [2.05, 4.69) is 0 Å². The average molecular weight is 165 g/mol. The number of rotatable bonds is 1. The van der Waals surface area contributed by atoms with Crippen LogP contribution in [0.2, 0.25) is 0 Å². The van der Waals surface area contributed by atoms with Gasteiger partial charge in [0.05, 0.1) is 0 Å². The van der Waals surface area contributed by atoms with Gasteiger partial charge in [-0.25, -0.2) is 4.90 Å². The van der Waals surface area contributed by atoms with Gasteiger partial charge in [0.2, 0.25) is 0 Å². The van der Waals surface area contributed by atoms with Crippen molar-refractivity contribution in [3.05, 3.63) is 24.3 Å². The molecule has 4 heteroatoms. The van der Waals surface area contributed by atoms with E-state index in [1.54, 1.807) is 6.92 Å². The molecular formula is C8H7NO3. The van der Waals surface area contributed by atoms with Crippen LogP contribution in [0, 0.1) is 0 Å². The Balaban J connectivity index is 2.83. The number of amides is 3. The number of carbonyl (C=O) groups excluding carboxylic acids is 3.